The Hall–Kier alpha value is -2.08. The molecule has 0 saturated carbocycles. The maximum absolute atomic E-state index is 12.5. The van der Waals surface area contributed by atoms with E-state index < -0.39 is 6.10 Å². The van der Waals surface area contributed by atoms with Crippen LogP contribution in [-0.4, -0.2) is 65.6 Å². The number of carbonyl (C=O) groups is 2. The zero-order chi connectivity index (χ0) is 19.4. The Balaban J connectivity index is 1.51. The summed E-state index contributed by atoms with van der Waals surface area (Å²) in [7, 11) is 0. The first-order valence-corrected chi connectivity index (χ1v) is 9.81. The Labute approximate surface area is 161 Å². The lowest BCUT2D eigenvalue weighted by Crippen LogP contribution is -2.53. The molecule has 3 rings (SSSR count). The van der Waals surface area contributed by atoms with Crippen LogP contribution in [0.25, 0.3) is 0 Å². The number of aliphatic hydroxyl groups excluding tert-OH is 1. The molecule has 0 radical (unpaired) electrons. The first kappa shape index (κ1) is 19.7. The zero-order valence-electron chi connectivity index (χ0n) is 16.3. The minimum absolute atomic E-state index is 0.0147. The van der Waals surface area contributed by atoms with Gasteiger partial charge in [0.1, 0.15) is 5.75 Å². The molecule has 2 fully saturated rings. The van der Waals surface area contributed by atoms with E-state index in [4.69, 9.17) is 4.74 Å². The molecule has 2 aliphatic rings. The molecule has 1 unspecified atom stereocenters. The van der Waals surface area contributed by atoms with E-state index in [1.165, 1.54) is 0 Å². The Morgan fingerprint density at radius 1 is 1.26 bits per heavy atom. The van der Waals surface area contributed by atoms with Gasteiger partial charge in [-0.2, -0.15) is 0 Å². The van der Waals surface area contributed by atoms with Crippen LogP contribution < -0.4 is 4.74 Å². The topological polar surface area (TPSA) is 70.1 Å². The molecule has 1 aromatic carbocycles. The van der Waals surface area contributed by atoms with Crippen LogP contribution in [0.4, 0.5) is 0 Å². The minimum Gasteiger partial charge on any atom is -0.484 e. The predicted molar refractivity (Wildman–Crippen MR) is 102 cm³/mol. The summed E-state index contributed by atoms with van der Waals surface area (Å²) < 4.78 is 5.69. The van der Waals surface area contributed by atoms with Crippen molar-refractivity contribution in [2.24, 2.45) is 5.41 Å². The number of para-hydroxylation sites is 1. The van der Waals surface area contributed by atoms with Gasteiger partial charge in [0.05, 0.1) is 6.10 Å². The number of nitrogens with zero attached hydrogens (tertiary/aromatic N) is 2. The average molecular weight is 374 g/mol. The number of ether oxygens (including phenoxy) is 1. The van der Waals surface area contributed by atoms with E-state index in [2.05, 4.69) is 0 Å². The number of hydrogen-bond acceptors (Lipinski definition) is 4. The highest BCUT2D eigenvalue weighted by atomic mass is 16.5. The van der Waals surface area contributed by atoms with Gasteiger partial charge in [0, 0.05) is 32.6 Å². The Kier molecular flexibility index (Phi) is 6.05. The first-order chi connectivity index (χ1) is 12.9. The van der Waals surface area contributed by atoms with Crippen molar-refractivity contribution in [3.05, 3.63) is 29.8 Å². The minimum atomic E-state index is -0.510. The highest BCUT2D eigenvalue weighted by Crippen LogP contribution is 2.40. The Bertz CT molecular complexity index is 681. The SMILES string of the molecule is Cc1ccccc1OCC(=O)N1CCC2(CCC(=O)N(CC(C)O)C2)CC1. The summed E-state index contributed by atoms with van der Waals surface area (Å²) in [4.78, 5) is 28.3. The van der Waals surface area contributed by atoms with Gasteiger partial charge in [-0.15, -0.1) is 0 Å². The predicted octanol–water partition coefficient (Wildman–Crippen LogP) is 1.99. The lowest BCUT2D eigenvalue weighted by molar-refractivity contribution is -0.144. The molecule has 0 bridgehead atoms. The molecule has 148 valence electrons. The van der Waals surface area contributed by atoms with E-state index in [0.29, 0.717) is 32.6 Å². The molecule has 1 spiro atoms. The highest BCUT2D eigenvalue weighted by Gasteiger charge is 2.41. The van der Waals surface area contributed by atoms with Crippen LogP contribution in [0.5, 0.6) is 5.75 Å². The smallest absolute Gasteiger partial charge is 0.260 e. The number of β-amino-alcohol motifs (C(OH)–C–C–N with tert-alkyl or cyclic N) is 1. The van der Waals surface area contributed by atoms with Gasteiger partial charge in [-0.05, 0) is 50.2 Å². The van der Waals surface area contributed by atoms with Crippen molar-refractivity contribution in [3.8, 4) is 5.75 Å². The molecule has 6 heteroatoms. The van der Waals surface area contributed by atoms with Crippen molar-refractivity contribution < 1.29 is 19.4 Å². The Morgan fingerprint density at radius 2 is 1.96 bits per heavy atom. The molecule has 1 atom stereocenters. The summed E-state index contributed by atoms with van der Waals surface area (Å²) in [5, 5.41) is 9.64. The van der Waals surface area contributed by atoms with Crippen LogP contribution >= 0.6 is 0 Å². The maximum atomic E-state index is 12.5. The lowest BCUT2D eigenvalue weighted by atomic mass is 9.72. The van der Waals surface area contributed by atoms with Crippen molar-refractivity contribution in [2.75, 3.05) is 32.8 Å². The molecule has 2 aliphatic heterocycles. The lowest BCUT2D eigenvalue weighted by Gasteiger charge is -2.47. The normalized spacial score (nSPS) is 20.6. The number of piperidine rings is 2. The molecule has 2 amide bonds. The molecule has 2 heterocycles. The molecule has 0 aromatic heterocycles. The van der Waals surface area contributed by atoms with Gasteiger partial charge in [-0.1, -0.05) is 18.2 Å². The van der Waals surface area contributed by atoms with Crippen LogP contribution in [0.15, 0.2) is 24.3 Å². The number of aliphatic hydroxyl groups is 1. The fraction of sp³-hybridized carbons (Fsp3) is 0.619. The summed E-state index contributed by atoms with van der Waals surface area (Å²) in [6, 6.07) is 7.70. The number of hydrogen-bond donors (Lipinski definition) is 1. The zero-order valence-corrected chi connectivity index (χ0v) is 16.3. The van der Waals surface area contributed by atoms with Crippen molar-refractivity contribution >= 4 is 11.8 Å². The quantitative estimate of drug-likeness (QED) is 0.856. The largest absolute Gasteiger partial charge is 0.484 e. The fourth-order valence-corrected chi connectivity index (χ4v) is 4.18. The molecular formula is C21H30N2O4. The molecule has 27 heavy (non-hydrogen) atoms. The molecule has 2 saturated heterocycles. The van der Waals surface area contributed by atoms with E-state index in [0.717, 1.165) is 30.6 Å². The summed E-state index contributed by atoms with van der Waals surface area (Å²) in [6.07, 6.45) is 2.70. The summed E-state index contributed by atoms with van der Waals surface area (Å²) in [6.45, 7) is 6.23. The van der Waals surface area contributed by atoms with Crippen molar-refractivity contribution in [2.45, 2.75) is 45.6 Å². The van der Waals surface area contributed by atoms with Gasteiger partial charge in [-0.25, -0.2) is 0 Å². The van der Waals surface area contributed by atoms with Crippen molar-refractivity contribution in [1.29, 1.82) is 0 Å². The number of rotatable bonds is 5. The summed E-state index contributed by atoms with van der Waals surface area (Å²) in [5.74, 6) is 0.895. The van der Waals surface area contributed by atoms with Gasteiger partial charge in [0.25, 0.3) is 5.91 Å². The van der Waals surface area contributed by atoms with Gasteiger partial charge in [-0.3, -0.25) is 9.59 Å². The van der Waals surface area contributed by atoms with E-state index >= 15 is 0 Å². The second-order valence-corrected chi connectivity index (χ2v) is 8.06. The van der Waals surface area contributed by atoms with Crippen molar-refractivity contribution in [1.82, 2.24) is 9.80 Å². The summed E-state index contributed by atoms with van der Waals surface area (Å²) in [5.41, 5.74) is 1.10. The van der Waals surface area contributed by atoms with Crippen LogP contribution in [0.1, 0.15) is 38.2 Å². The average Bonchev–Trinajstić information content (AvgIpc) is 2.64. The van der Waals surface area contributed by atoms with E-state index in [-0.39, 0.29) is 23.8 Å². The van der Waals surface area contributed by atoms with Crippen LogP contribution in [0.2, 0.25) is 0 Å². The van der Waals surface area contributed by atoms with Crippen LogP contribution in [0.3, 0.4) is 0 Å². The molecule has 1 aromatic rings. The second kappa shape index (κ2) is 8.30. The van der Waals surface area contributed by atoms with E-state index in [1.54, 1.807) is 11.8 Å². The van der Waals surface area contributed by atoms with Gasteiger partial charge < -0.3 is 19.6 Å². The maximum Gasteiger partial charge on any atom is 0.260 e. The first-order valence-electron chi connectivity index (χ1n) is 9.81. The third-order valence-electron chi connectivity index (χ3n) is 5.85. The monoisotopic (exact) mass is 374 g/mol. The fourth-order valence-electron chi connectivity index (χ4n) is 4.18. The third-order valence-corrected chi connectivity index (χ3v) is 5.85. The van der Waals surface area contributed by atoms with Crippen molar-refractivity contribution in [3.63, 3.8) is 0 Å². The van der Waals surface area contributed by atoms with Crippen LogP contribution in [-0.2, 0) is 9.59 Å². The molecule has 6 nitrogen and oxygen atoms in total. The van der Waals surface area contributed by atoms with Gasteiger partial charge in [0.15, 0.2) is 6.61 Å². The summed E-state index contributed by atoms with van der Waals surface area (Å²) >= 11 is 0. The second-order valence-electron chi connectivity index (χ2n) is 8.06. The third kappa shape index (κ3) is 4.80. The van der Waals surface area contributed by atoms with Gasteiger partial charge >= 0.3 is 0 Å². The number of benzene rings is 1. The number of amides is 2. The highest BCUT2D eigenvalue weighted by molar-refractivity contribution is 5.78. The standard InChI is InChI=1S/C21H30N2O4/c1-16-5-3-4-6-18(16)27-14-20(26)22-11-9-21(10-12-22)8-7-19(25)23(15-21)13-17(2)24/h3-6,17,24H,7-15H2,1-2H3. The molecular weight excluding hydrogens is 344 g/mol. The van der Waals surface area contributed by atoms with E-state index in [9.17, 15) is 14.7 Å². The Morgan fingerprint density at radius 3 is 2.63 bits per heavy atom. The number of likely N-dealkylation sites (tertiary alicyclic amines) is 2. The molecule has 0 aliphatic carbocycles. The number of carbonyl (C=O) groups excluding carboxylic acids is 2. The van der Waals surface area contributed by atoms with Crippen LogP contribution in [0, 0.1) is 12.3 Å². The van der Waals surface area contributed by atoms with E-state index in [1.807, 2.05) is 36.1 Å². The molecule has 1 N–H and O–H groups in total. The van der Waals surface area contributed by atoms with Gasteiger partial charge in [0.2, 0.25) is 5.91 Å². The number of aryl methyl sites for hydroxylation is 1.